The molecule has 2 atom stereocenters. The molecule has 3 heterocycles. The van der Waals surface area contributed by atoms with Crippen molar-refractivity contribution in [2.24, 2.45) is 0 Å². The third-order valence-electron chi connectivity index (χ3n) is 3.64. The minimum atomic E-state index is -0.257. The maximum absolute atomic E-state index is 12.3. The summed E-state index contributed by atoms with van der Waals surface area (Å²) in [4.78, 5) is 16.5. The fourth-order valence-electron chi connectivity index (χ4n) is 2.37. The van der Waals surface area contributed by atoms with E-state index in [-0.39, 0.29) is 18.1 Å². The topological polar surface area (TPSA) is 86.2 Å². The molecule has 1 fully saturated rings. The number of aromatic nitrogens is 3. The Kier molecular flexibility index (Phi) is 4.77. The maximum Gasteiger partial charge on any atom is 0.253 e. The van der Waals surface area contributed by atoms with Gasteiger partial charge in [0.1, 0.15) is 11.9 Å². The van der Waals surface area contributed by atoms with Gasteiger partial charge < -0.3 is 14.8 Å². The van der Waals surface area contributed by atoms with Crippen LogP contribution in [0.4, 0.5) is 0 Å². The molecule has 0 aliphatic carbocycles. The van der Waals surface area contributed by atoms with Crippen molar-refractivity contribution in [2.45, 2.75) is 25.5 Å². The summed E-state index contributed by atoms with van der Waals surface area (Å²) in [6, 6.07) is 5.24. The van der Waals surface area contributed by atoms with Crippen LogP contribution in [0, 0.1) is 6.92 Å². The number of aryl methyl sites for hydroxylation is 1. The van der Waals surface area contributed by atoms with Crippen LogP contribution in [0.2, 0.25) is 0 Å². The van der Waals surface area contributed by atoms with E-state index in [1.54, 1.807) is 12.3 Å². The summed E-state index contributed by atoms with van der Waals surface area (Å²) < 4.78 is 11.4. The predicted octanol–water partition coefficient (Wildman–Crippen LogP) is 1.15. The molecule has 0 saturated carbocycles. The zero-order valence-electron chi connectivity index (χ0n) is 12.8. The lowest BCUT2D eigenvalue weighted by Gasteiger charge is -2.32. The number of hydrogen-bond acceptors (Lipinski definition) is 6. The second-order valence-corrected chi connectivity index (χ2v) is 5.37. The lowest BCUT2D eigenvalue weighted by molar-refractivity contribution is -0.0136. The lowest BCUT2D eigenvalue weighted by Crippen LogP contribution is -2.51. The van der Waals surface area contributed by atoms with Crippen LogP contribution in [0.25, 0.3) is 0 Å². The minimum absolute atomic E-state index is 0.134. The van der Waals surface area contributed by atoms with E-state index in [0.29, 0.717) is 30.9 Å². The molecule has 2 aromatic rings. The van der Waals surface area contributed by atoms with Crippen LogP contribution >= 0.6 is 0 Å². The number of amides is 1. The molecule has 0 unspecified atom stereocenters. The molecule has 7 nitrogen and oxygen atoms in total. The smallest absolute Gasteiger partial charge is 0.253 e. The predicted molar refractivity (Wildman–Crippen MR) is 82.1 cm³/mol. The molecular weight excluding hydrogens is 296 g/mol. The van der Waals surface area contributed by atoms with Gasteiger partial charge in [-0.3, -0.25) is 9.78 Å². The summed E-state index contributed by atoms with van der Waals surface area (Å²) in [7, 11) is 0. The molecule has 1 aliphatic rings. The Bertz CT molecular complexity index is 648. The van der Waals surface area contributed by atoms with Crippen molar-refractivity contribution >= 4 is 5.91 Å². The molecule has 0 radical (unpaired) electrons. The second-order valence-electron chi connectivity index (χ2n) is 5.37. The lowest BCUT2D eigenvalue weighted by atomic mass is 10.1. The minimum Gasteiger partial charge on any atom is -0.484 e. The van der Waals surface area contributed by atoms with Crippen LogP contribution < -0.4 is 10.1 Å². The molecule has 1 aliphatic heterocycles. The molecule has 7 heteroatoms. The molecule has 2 aromatic heterocycles. The molecule has 120 valence electrons. The highest BCUT2D eigenvalue weighted by molar-refractivity contribution is 5.93. The maximum atomic E-state index is 12.3. The van der Waals surface area contributed by atoms with Crippen LogP contribution in [0.3, 0.4) is 0 Å². The molecule has 1 N–H and O–H groups in total. The second kappa shape index (κ2) is 7.15. The van der Waals surface area contributed by atoms with Crippen LogP contribution in [-0.4, -0.2) is 46.4 Å². The molecule has 3 rings (SSSR count). The third kappa shape index (κ3) is 4.01. The average molecular weight is 314 g/mol. The van der Waals surface area contributed by atoms with Crippen LogP contribution in [-0.2, 0) is 4.74 Å². The summed E-state index contributed by atoms with van der Waals surface area (Å²) in [5, 5.41) is 10.4. The van der Waals surface area contributed by atoms with Crippen LogP contribution in [0.5, 0.6) is 5.75 Å². The average Bonchev–Trinajstić information content (AvgIpc) is 2.59. The van der Waals surface area contributed by atoms with Gasteiger partial charge in [0.2, 0.25) is 0 Å². The summed E-state index contributed by atoms with van der Waals surface area (Å²) in [6.07, 6.45) is 5.04. The molecule has 23 heavy (non-hydrogen) atoms. The number of nitrogens with one attached hydrogen (secondary N) is 1. The standard InChI is InChI=1S/C16H18N4O3/c1-11-2-3-13(9-17-11)23-15-10-22-7-5-14(15)20-16(21)12-4-6-18-19-8-12/h2-4,6,8-9,14-15H,5,7,10H2,1H3,(H,20,21)/t14-,15+/m1/s1. The van der Waals surface area contributed by atoms with Crippen molar-refractivity contribution in [1.29, 1.82) is 0 Å². The first kappa shape index (κ1) is 15.4. The van der Waals surface area contributed by atoms with E-state index in [0.717, 1.165) is 5.69 Å². The van der Waals surface area contributed by atoms with Gasteiger partial charge in [0.05, 0.1) is 36.8 Å². The normalized spacial score (nSPS) is 20.7. The van der Waals surface area contributed by atoms with Gasteiger partial charge in [-0.25, -0.2) is 0 Å². The van der Waals surface area contributed by atoms with Crippen molar-refractivity contribution in [2.75, 3.05) is 13.2 Å². The highest BCUT2D eigenvalue weighted by Gasteiger charge is 2.29. The Labute approximate surface area is 134 Å². The van der Waals surface area contributed by atoms with Crippen molar-refractivity contribution < 1.29 is 14.3 Å². The molecule has 1 saturated heterocycles. The first-order valence-corrected chi connectivity index (χ1v) is 7.47. The van der Waals surface area contributed by atoms with E-state index in [9.17, 15) is 4.79 Å². The quantitative estimate of drug-likeness (QED) is 0.911. The largest absolute Gasteiger partial charge is 0.484 e. The van der Waals surface area contributed by atoms with E-state index in [4.69, 9.17) is 9.47 Å². The van der Waals surface area contributed by atoms with Crippen molar-refractivity contribution in [3.63, 3.8) is 0 Å². The van der Waals surface area contributed by atoms with Gasteiger partial charge in [0.25, 0.3) is 5.91 Å². The summed E-state index contributed by atoms with van der Waals surface area (Å²) >= 11 is 0. The number of carbonyl (C=O) groups excluding carboxylic acids is 1. The first-order valence-electron chi connectivity index (χ1n) is 7.47. The highest BCUT2D eigenvalue weighted by Crippen LogP contribution is 2.17. The van der Waals surface area contributed by atoms with Crippen molar-refractivity contribution in [1.82, 2.24) is 20.5 Å². The zero-order valence-corrected chi connectivity index (χ0v) is 12.8. The van der Waals surface area contributed by atoms with E-state index >= 15 is 0 Å². The Morgan fingerprint density at radius 3 is 2.96 bits per heavy atom. The fraction of sp³-hybridized carbons (Fsp3) is 0.375. The number of hydrogen-bond donors (Lipinski definition) is 1. The summed E-state index contributed by atoms with van der Waals surface area (Å²) in [6.45, 7) is 2.93. The van der Waals surface area contributed by atoms with E-state index in [2.05, 4.69) is 20.5 Å². The molecule has 1 amide bonds. The van der Waals surface area contributed by atoms with Gasteiger partial charge in [-0.1, -0.05) is 0 Å². The number of ether oxygens (including phenoxy) is 2. The SMILES string of the molecule is Cc1ccc(O[C@H]2COCC[C@H]2NC(=O)c2ccnnc2)cn1. The Morgan fingerprint density at radius 1 is 1.30 bits per heavy atom. The Hall–Kier alpha value is -2.54. The molecule has 0 bridgehead atoms. The third-order valence-corrected chi connectivity index (χ3v) is 3.64. The van der Waals surface area contributed by atoms with E-state index in [1.807, 2.05) is 19.1 Å². The summed E-state index contributed by atoms with van der Waals surface area (Å²) in [5.74, 6) is 0.471. The van der Waals surface area contributed by atoms with Gasteiger partial charge in [-0.05, 0) is 31.5 Å². The van der Waals surface area contributed by atoms with Gasteiger partial charge >= 0.3 is 0 Å². The van der Waals surface area contributed by atoms with Gasteiger partial charge in [0, 0.05) is 12.3 Å². The molecule has 0 aromatic carbocycles. The number of rotatable bonds is 4. The number of carbonyl (C=O) groups is 1. The van der Waals surface area contributed by atoms with Gasteiger partial charge in [-0.15, -0.1) is 0 Å². The summed E-state index contributed by atoms with van der Waals surface area (Å²) in [5.41, 5.74) is 1.40. The van der Waals surface area contributed by atoms with Crippen LogP contribution in [0.1, 0.15) is 22.5 Å². The number of nitrogens with zero attached hydrogens (tertiary/aromatic N) is 3. The van der Waals surface area contributed by atoms with Crippen molar-refractivity contribution in [3.8, 4) is 5.75 Å². The van der Waals surface area contributed by atoms with Crippen LogP contribution in [0.15, 0.2) is 36.8 Å². The van der Waals surface area contributed by atoms with Gasteiger partial charge in [0.15, 0.2) is 0 Å². The Morgan fingerprint density at radius 2 is 2.22 bits per heavy atom. The Balaban J connectivity index is 1.66. The molecular formula is C16H18N4O3. The zero-order chi connectivity index (χ0) is 16.1. The molecule has 0 spiro atoms. The van der Waals surface area contributed by atoms with Gasteiger partial charge in [-0.2, -0.15) is 10.2 Å². The van der Waals surface area contributed by atoms with E-state index in [1.165, 1.54) is 12.4 Å². The van der Waals surface area contributed by atoms with E-state index < -0.39 is 0 Å². The first-order chi connectivity index (χ1) is 11.2. The number of pyridine rings is 1. The fourth-order valence-corrected chi connectivity index (χ4v) is 2.37. The highest BCUT2D eigenvalue weighted by atomic mass is 16.5. The van der Waals surface area contributed by atoms with Crippen molar-refractivity contribution in [3.05, 3.63) is 48.0 Å². The monoisotopic (exact) mass is 314 g/mol.